The summed E-state index contributed by atoms with van der Waals surface area (Å²) in [5.41, 5.74) is 0.906. The number of hydrogen-bond acceptors (Lipinski definition) is 6. The highest BCUT2D eigenvalue weighted by Gasteiger charge is 2.38. The standard InChI is InChI=1S/C29H32FN5O4/c1-6-29(2,3)31-28(37)27(20-17-19(38-4)15-16-25(20)39-5)35(23-13-9-7-11-21(23)30)26(36)18-34-24-14-10-8-12-22(24)32-33-34/h7-17,27H,6,18H2,1-5H3,(H,31,37). The zero-order chi connectivity index (χ0) is 28.2. The lowest BCUT2D eigenvalue weighted by molar-refractivity contribution is -0.128. The number of aromatic nitrogens is 3. The minimum atomic E-state index is -1.31. The van der Waals surface area contributed by atoms with Gasteiger partial charge >= 0.3 is 0 Å². The van der Waals surface area contributed by atoms with Gasteiger partial charge in [0.25, 0.3) is 0 Å². The highest BCUT2D eigenvalue weighted by Crippen LogP contribution is 2.37. The van der Waals surface area contributed by atoms with Crippen molar-refractivity contribution in [3.8, 4) is 11.5 Å². The minimum Gasteiger partial charge on any atom is -0.497 e. The van der Waals surface area contributed by atoms with Crippen LogP contribution in [0.15, 0.2) is 66.7 Å². The molecule has 0 saturated carbocycles. The lowest BCUT2D eigenvalue weighted by Crippen LogP contribution is -2.51. The molecule has 4 rings (SSSR count). The summed E-state index contributed by atoms with van der Waals surface area (Å²) >= 11 is 0. The van der Waals surface area contributed by atoms with E-state index in [4.69, 9.17) is 9.47 Å². The van der Waals surface area contributed by atoms with Crippen molar-refractivity contribution in [1.29, 1.82) is 0 Å². The molecule has 39 heavy (non-hydrogen) atoms. The fourth-order valence-corrected chi connectivity index (χ4v) is 4.24. The quantitative estimate of drug-likeness (QED) is 0.318. The van der Waals surface area contributed by atoms with Crippen LogP contribution in [0, 0.1) is 5.82 Å². The van der Waals surface area contributed by atoms with E-state index in [1.165, 1.54) is 37.1 Å². The number of carbonyl (C=O) groups is 2. The number of amides is 2. The van der Waals surface area contributed by atoms with E-state index in [-0.39, 0.29) is 12.2 Å². The molecule has 9 nitrogen and oxygen atoms in total. The van der Waals surface area contributed by atoms with Crippen LogP contribution < -0.4 is 19.7 Å². The highest BCUT2D eigenvalue weighted by atomic mass is 19.1. The second-order valence-corrected chi connectivity index (χ2v) is 9.69. The third-order valence-corrected chi connectivity index (χ3v) is 6.67. The first-order valence-electron chi connectivity index (χ1n) is 12.6. The number of ether oxygens (including phenoxy) is 2. The zero-order valence-corrected chi connectivity index (χ0v) is 22.6. The van der Waals surface area contributed by atoms with Crippen molar-refractivity contribution >= 4 is 28.5 Å². The molecule has 1 atom stereocenters. The van der Waals surface area contributed by atoms with E-state index < -0.39 is 29.2 Å². The normalized spacial score (nSPS) is 12.2. The van der Waals surface area contributed by atoms with Gasteiger partial charge in [0, 0.05) is 11.1 Å². The summed E-state index contributed by atoms with van der Waals surface area (Å²) in [7, 11) is 2.96. The molecule has 0 aliphatic carbocycles. The maximum absolute atomic E-state index is 15.4. The average Bonchev–Trinajstić information content (AvgIpc) is 3.34. The molecule has 0 radical (unpaired) electrons. The van der Waals surface area contributed by atoms with Crippen molar-refractivity contribution in [1.82, 2.24) is 20.3 Å². The molecule has 1 aromatic heterocycles. The Labute approximate surface area is 226 Å². The van der Waals surface area contributed by atoms with Crippen molar-refractivity contribution in [2.75, 3.05) is 19.1 Å². The first kappa shape index (κ1) is 27.6. The Hall–Kier alpha value is -4.47. The van der Waals surface area contributed by atoms with Crippen molar-refractivity contribution < 1.29 is 23.5 Å². The second-order valence-electron chi connectivity index (χ2n) is 9.69. The summed E-state index contributed by atoms with van der Waals surface area (Å²) in [6.45, 7) is 5.41. The van der Waals surface area contributed by atoms with E-state index >= 15 is 4.39 Å². The Balaban J connectivity index is 1.91. The average molecular weight is 534 g/mol. The van der Waals surface area contributed by atoms with Crippen LogP contribution in [0.2, 0.25) is 0 Å². The number of carbonyl (C=O) groups excluding carboxylic acids is 2. The lowest BCUT2D eigenvalue weighted by Gasteiger charge is -2.35. The highest BCUT2D eigenvalue weighted by molar-refractivity contribution is 6.02. The Morgan fingerprint density at radius 3 is 2.46 bits per heavy atom. The van der Waals surface area contributed by atoms with Crippen LogP contribution in [0.25, 0.3) is 11.0 Å². The number of anilines is 1. The zero-order valence-electron chi connectivity index (χ0n) is 22.6. The smallest absolute Gasteiger partial charge is 0.249 e. The molecule has 0 spiro atoms. The molecule has 3 aromatic carbocycles. The molecule has 2 amide bonds. The summed E-state index contributed by atoms with van der Waals surface area (Å²) in [4.78, 5) is 29.4. The number of halogens is 1. The number of fused-ring (bicyclic) bond motifs is 1. The van der Waals surface area contributed by atoms with Crippen LogP contribution in [-0.2, 0) is 16.1 Å². The van der Waals surface area contributed by atoms with E-state index in [2.05, 4.69) is 15.6 Å². The Morgan fingerprint density at radius 2 is 1.77 bits per heavy atom. The van der Waals surface area contributed by atoms with E-state index in [1.807, 2.05) is 32.9 Å². The van der Waals surface area contributed by atoms with Gasteiger partial charge in [0.2, 0.25) is 11.8 Å². The molecule has 1 heterocycles. The predicted molar refractivity (Wildman–Crippen MR) is 146 cm³/mol. The summed E-state index contributed by atoms with van der Waals surface area (Å²) in [5, 5.41) is 11.3. The van der Waals surface area contributed by atoms with Gasteiger partial charge in [-0.05, 0) is 62.7 Å². The number of nitrogens with one attached hydrogen (secondary N) is 1. The van der Waals surface area contributed by atoms with Crippen molar-refractivity contribution in [2.24, 2.45) is 0 Å². The molecule has 0 saturated heterocycles. The summed E-state index contributed by atoms with van der Waals surface area (Å²) < 4.78 is 27.8. The lowest BCUT2D eigenvalue weighted by atomic mass is 9.97. The summed E-state index contributed by atoms with van der Waals surface area (Å²) in [6.07, 6.45) is 0.624. The molecular weight excluding hydrogens is 501 g/mol. The number of para-hydroxylation sites is 2. The van der Waals surface area contributed by atoms with Crippen LogP contribution >= 0.6 is 0 Å². The maximum atomic E-state index is 15.4. The second kappa shape index (κ2) is 11.5. The number of nitrogens with zero attached hydrogens (tertiary/aromatic N) is 4. The molecule has 4 aromatic rings. The molecule has 1 unspecified atom stereocenters. The van der Waals surface area contributed by atoms with Crippen LogP contribution in [0.5, 0.6) is 11.5 Å². The van der Waals surface area contributed by atoms with E-state index in [0.717, 1.165) is 4.90 Å². The Kier molecular flexibility index (Phi) is 8.13. The summed E-state index contributed by atoms with van der Waals surface area (Å²) in [6, 6.07) is 16.7. The number of rotatable bonds is 10. The fraction of sp³-hybridized carbons (Fsp3) is 0.310. The third kappa shape index (κ3) is 5.84. The van der Waals surface area contributed by atoms with Gasteiger partial charge < -0.3 is 14.8 Å². The van der Waals surface area contributed by atoms with Crippen LogP contribution in [0.3, 0.4) is 0 Å². The summed E-state index contributed by atoms with van der Waals surface area (Å²) in [5.74, 6) is -0.959. The maximum Gasteiger partial charge on any atom is 0.249 e. The number of hydrogen-bond donors (Lipinski definition) is 1. The van der Waals surface area contributed by atoms with Gasteiger partial charge in [0.15, 0.2) is 0 Å². The molecule has 0 fully saturated rings. The molecular formula is C29H32FN5O4. The Morgan fingerprint density at radius 1 is 1.05 bits per heavy atom. The molecule has 1 N–H and O–H groups in total. The van der Waals surface area contributed by atoms with E-state index in [0.29, 0.717) is 34.5 Å². The van der Waals surface area contributed by atoms with Gasteiger partial charge in [-0.3, -0.25) is 14.5 Å². The Bertz CT molecular complexity index is 1490. The SMILES string of the molecule is CCC(C)(C)NC(=O)C(c1cc(OC)ccc1OC)N(C(=O)Cn1nnc2ccccc21)c1ccccc1F. The van der Waals surface area contributed by atoms with Crippen LogP contribution in [-0.4, -0.2) is 46.6 Å². The van der Waals surface area contributed by atoms with Crippen molar-refractivity contribution in [3.63, 3.8) is 0 Å². The molecule has 0 bridgehead atoms. The van der Waals surface area contributed by atoms with Gasteiger partial charge in [0.05, 0.1) is 25.4 Å². The molecule has 0 aliphatic rings. The predicted octanol–water partition coefficient (Wildman–Crippen LogP) is 4.67. The van der Waals surface area contributed by atoms with Gasteiger partial charge in [-0.25, -0.2) is 9.07 Å². The van der Waals surface area contributed by atoms with E-state index in [9.17, 15) is 9.59 Å². The van der Waals surface area contributed by atoms with Crippen LogP contribution in [0.4, 0.5) is 10.1 Å². The first-order valence-corrected chi connectivity index (χ1v) is 12.6. The van der Waals surface area contributed by atoms with Crippen molar-refractivity contribution in [2.45, 2.75) is 45.3 Å². The molecule has 0 aliphatic heterocycles. The number of benzene rings is 3. The van der Waals surface area contributed by atoms with Gasteiger partial charge in [-0.2, -0.15) is 0 Å². The molecule has 204 valence electrons. The monoisotopic (exact) mass is 533 g/mol. The van der Waals surface area contributed by atoms with Crippen LogP contribution in [0.1, 0.15) is 38.8 Å². The van der Waals surface area contributed by atoms with Gasteiger partial charge in [-0.1, -0.05) is 36.4 Å². The van der Waals surface area contributed by atoms with Gasteiger partial charge in [0.1, 0.15) is 35.4 Å². The topological polar surface area (TPSA) is 98.6 Å². The van der Waals surface area contributed by atoms with Crippen molar-refractivity contribution in [3.05, 3.63) is 78.1 Å². The van der Waals surface area contributed by atoms with Gasteiger partial charge in [-0.15, -0.1) is 5.10 Å². The first-order chi connectivity index (χ1) is 18.7. The largest absolute Gasteiger partial charge is 0.497 e. The minimum absolute atomic E-state index is 0.0637. The fourth-order valence-electron chi connectivity index (χ4n) is 4.24. The number of methoxy groups -OCH3 is 2. The van der Waals surface area contributed by atoms with E-state index in [1.54, 1.807) is 36.4 Å². The third-order valence-electron chi connectivity index (χ3n) is 6.67. The molecule has 10 heteroatoms.